The number of rotatable bonds is 7. The highest BCUT2D eigenvalue weighted by atomic mass is 16.5. The summed E-state index contributed by atoms with van der Waals surface area (Å²) in [6, 6.07) is 7.85. The van der Waals surface area contributed by atoms with Crippen LogP contribution in [0.4, 0.5) is 5.69 Å². The van der Waals surface area contributed by atoms with Gasteiger partial charge in [-0.3, -0.25) is 9.59 Å². The maximum Gasteiger partial charge on any atom is 0.254 e. The van der Waals surface area contributed by atoms with Crippen molar-refractivity contribution in [2.75, 3.05) is 32.1 Å². The molecule has 0 atom stereocenters. The molecule has 3 aromatic rings. The third kappa shape index (κ3) is 4.57. The van der Waals surface area contributed by atoms with E-state index in [0.717, 1.165) is 35.2 Å². The molecule has 3 N–H and O–H groups in total. The molecular weight excluding hydrogens is 408 g/mol. The van der Waals surface area contributed by atoms with Crippen LogP contribution in [0.5, 0.6) is 0 Å². The van der Waals surface area contributed by atoms with Gasteiger partial charge in [-0.05, 0) is 37.5 Å². The molecule has 2 aromatic heterocycles. The normalized spacial score (nSPS) is 14.3. The Morgan fingerprint density at radius 2 is 1.91 bits per heavy atom. The summed E-state index contributed by atoms with van der Waals surface area (Å²) >= 11 is 0. The maximum atomic E-state index is 12.7. The summed E-state index contributed by atoms with van der Waals surface area (Å²) in [7, 11) is 1.62. The molecule has 1 aliphatic heterocycles. The van der Waals surface area contributed by atoms with Crippen LogP contribution in [-0.2, 0) is 16.0 Å². The van der Waals surface area contributed by atoms with E-state index in [1.54, 1.807) is 24.1 Å². The fourth-order valence-corrected chi connectivity index (χ4v) is 3.83. The van der Waals surface area contributed by atoms with Crippen LogP contribution < -0.4 is 16.0 Å². The van der Waals surface area contributed by atoms with Crippen molar-refractivity contribution in [2.45, 2.75) is 32.2 Å². The number of hydrogen-bond donors (Lipinski definition) is 3. The average Bonchev–Trinajstić information content (AvgIpc) is 3.25. The van der Waals surface area contributed by atoms with Crippen molar-refractivity contribution in [1.29, 1.82) is 0 Å². The third-order valence-corrected chi connectivity index (χ3v) is 5.57. The molecule has 0 unspecified atom stereocenters. The average molecular weight is 437 g/mol. The second-order valence-corrected chi connectivity index (χ2v) is 7.75. The molecule has 0 spiro atoms. The Labute approximate surface area is 186 Å². The zero-order valence-corrected chi connectivity index (χ0v) is 18.4. The first-order chi connectivity index (χ1) is 15.6. The largest absolute Gasteiger partial charge is 0.381 e. The standard InChI is InChI=1S/C23H28N6O3/c1-3-25-23(31)19-13-26-22-18(21(19)28-16-8-10-32-11-9-16)14-27-29(22)17-6-4-15(5-7-17)12-20(30)24-2/h4-7,13-14,16H,3,8-12H2,1-2H3,(H,24,30)(H,25,31)(H,26,28). The van der Waals surface area contributed by atoms with E-state index in [9.17, 15) is 9.59 Å². The molecule has 9 heteroatoms. The predicted molar refractivity (Wildman–Crippen MR) is 122 cm³/mol. The minimum atomic E-state index is -0.164. The van der Waals surface area contributed by atoms with E-state index in [4.69, 9.17) is 4.74 Å². The molecule has 0 aliphatic carbocycles. The molecule has 2 amide bonds. The lowest BCUT2D eigenvalue weighted by molar-refractivity contribution is -0.119. The van der Waals surface area contributed by atoms with Crippen LogP contribution in [-0.4, -0.2) is 59.4 Å². The minimum absolute atomic E-state index is 0.0364. The van der Waals surface area contributed by atoms with Gasteiger partial charge in [0.2, 0.25) is 5.91 Å². The Hall–Kier alpha value is -3.46. The summed E-state index contributed by atoms with van der Waals surface area (Å²) in [6.07, 6.45) is 5.42. The number of ether oxygens (including phenoxy) is 1. The van der Waals surface area contributed by atoms with Crippen LogP contribution in [0.15, 0.2) is 36.7 Å². The number of nitrogens with one attached hydrogen (secondary N) is 3. The van der Waals surface area contributed by atoms with Gasteiger partial charge in [0, 0.05) is 39.0 Å². The van der Waals surface area contributed by atoms with Gasteiger partial charge < -0.3 is 20.7 Å². The molecule has 9 nitrogen and oxygen atoms in total. The van der Waals surface area contributed by atoms with Crippen molar-refractivity contribution >= 4 is 28.5 Å². The molecule has 0 bridgehead atoms. The molecule has 3 heterocycles. The lowest BCUT2D eigenvalue weighted by Gasteiger charge is -2.25. The fraction of sp³-hybridized carbons (Fsp3) is 0.391. The summed E-state index contributed by atoms with van der Waals surface area (Å²) in [5.74, 6) is -0.201. The molecule has 1 aliphatic rings. The van der Waals surface area contributed by atoms with Crippen LogP contribution in [0.2, 0.25) is 0 Å². The van der Waals surface area contributed by atoms with Crippen molar-refractivity contribution in [1.82, 2.24) is 25.4 Å². The van der Waals surface area contributed by atoms with Gasteiger partial charge in [0.25, 0.3) is 5.91 Å². The topological polar surface area (TPSA) is 110 Å². The maximum absolute atomic E-state index is 12.7. The van der Waals surface area contributed by atoms with Crippen LogP contribution in [0.3, 0.4) is 0 Å². The molecule has 4 rings (SSSR count). The number of hydrogen-bond acceptors (Lipinski definition) is 6. The molecular formula is C23H28N6O3. The summed E-state index contributed by atoms with van der Waals surface area (Å²) < 4.78 is 7.22. The Bertz CT molecular complexity index is 1100. The highest BCUT2D eigenvalue weighted by Crippen LogP contribution is 2.29. The van der Waals surface area contributed by atoms with Gasteiger partial charge in [-0.15, -0.1) is 0 Å². The van der Waals surface area contributed by atoms with E-state index >= 15 is 0 Å². The van der Waals surface area contributed by atoms with Crippen molar-refractivity contribution in [3.63, 3.8) is 0 Å². The van der Waals surface area contributed by atoms with E-state index in [1.807, 2.05) is 31.2 Å². The Kier molecular flexibility index (Phi) is 6.65. The van der Waals surface area contributed by atoms with Crippen molar-refractivity contribution in [2.24, 2.45) is 0 Å². The first-order valence-electron chi connectivity index (χ1n) is 10.9. The Morgan fingerprint density at radius 1 is 1.16 bits per heavy atom. The van der Waals surface area contributed by atoms with Gasteiger partial charge in [-0.1, -0.05) is 12.1 Å². The van der Waals surface area contributed by atoms with Crippen LogP contribution >= 0.6 is 0 Å². The van der Waals surface area contributed by atoms with Gasteiger partial charge in [-0.2, -0.15) is 5.10 Å². The first kappa shape index (κ1) is 21.8. The van der Waals surface area contributed by atoms with Gasteiger partial charge in [0.05, 0.1) is 34.9 Å². The number of fused-ring (bicyclic) bond motifs is 1. The molecule has 1 aromatic carbocycles. The van der Waals surface area contributed by atoms with E-state index in [0.29, 0.717) is 37.4 Å². The first-order valence-corrected chi connectivity index (χ1v) is 10.9. The van der Waals surface area contributed by atoms with Gasteiger partial charge in [0.1, 0.15) is 0 Å². The number of anilines is 1. The van der Waals surface area contributed by atoms with Crippen molar-refractivity contribution < 1.29 is 14.3 Å². The second kappa shape index (κ2) is 9.78. The van der Waals surface area contributed by atoms with Gasteiger partial charge >= 0.3 is 0 Å². The lowest BCUT2D eigenvalue weighted by Crippen LogP contribution is -2.30. The number of likely N-dealkylation sites (N-methyl/N-ethyl adjacent to an activating group) is 1. The molecule has 1 saturated heterocycles. The molecule has 0 saturated carbocycles. The summed E-state index contributed by atoms with van der Waals surface area (Å²) in [5.41, 5.74) is 3.65. The predicted octanol–water partition coefficient (Wildman–Crippen LogP) is 2.05. The van der Waals surface area contributed by atoms with Crippen molar-refractivity contribution in [3.8, 4) is 5.69 Å². The molecule has 0 radical (unpaired) electrons. The monoisotopic (exact) mass is 436 g/mol. The number of amides is 2. The summed E-state index contributed by atoms with van der Waals surface area (Å²) in [6.45, 7) is 3.82. The number of benzene rings is 1. The lowest BCUT2D eigenvalue weighted by atomic mass is 10.1. The van der Waals surface area contributed by atoms with Crippen LogP contribution in [0.1, 0.15) is 35.7 Å². The Balaban J connectivity index is 1.71. The van der Waals surface area contributed by atoms with Crippen molar-refractivity contribution in [3.05, 3.63) is 47.8 Å². The summed E-state index contributed by atoms with van der Waals surface area (Å²) in [5, 5.41) is 14.4. The number of aromatic nitrogens is 3. The zero-order valence-electron chi connectivity index (χ0n) is 18.4. The second-order valence-electron chi connectivity index (χ2n) is 7.75. The van der Waals surface area contributed by atoms with E-state index < -0.39 is 0 Å². The van der Waals surface area contributed by atoms with E-state index in [2.05, 4.69) is 26.0 Å². The third-order valence-electron chi connectivity index (χ3n) is 5.57. The number of carbonyl (C=O) groups excluding carboxylic acids is 2. The highest BCUT2D eigenvalue weighted by molar-refractivity contribution is 6.06. The number of pyridine rings is 1. The molecule has 168 valence electrons. The smallest absolute Gasteiger partial charge is 0.254 e. The SMILES string of the molecule is CCNC(=O)c1cnc2c(cnn2-c2ccc(CC(=O)NC)cc2)c1NC1CCOCC1. The number of nitrogens with zero attached hydrogens (tertiary/aromatic N) is 3. The number of carbonyl (C=O) groups is 2. The van der Waals surface area contributed by atoms with Gasteiger partial charge in [0.15, 0.2) is 5.65 Å². The molecule has 1 fully saturated rings. The Morgan fingerprint density at radius 3 is 2.59 bits per heavy atom. The van der Waals surface area contributed by atoms with Crippen LogP contribution in [0.25, 0.3) is 16.7 Å². The summed E-state index contributed by atoms with van der Waals surface area (Å²) in [4.78, 5) is 28.9. The minimum Gasteiger partial charge on any atom is -0.381 e. The van der Waals surface area contributed by atoms with Crippen LogP contribution in [0, 0.1) is 0 Å². The fourth-order valence-electron chi connectivity index (χ4n) is 3.83. The quantitative estimate of drug-likeness (QED) is 0.523. The van der Waals surface area contributed by atoms with E-state index in [-0.39, 0.29) is 17.9 Å². The zero-order chi connectivity index (χ0) is 22.5. The highest BCUT2D eigenvalue weighted by Gasteiger charge is 2.22. The molecule has 32 heavy (non-hydrogen) atoms. The van der Waals surface area contributed by atoms with Gasteiger partial charge in [-0.25, -0.2) is 9.67 Å². The van der Waals surface area contributed by atoms with E-state index in [1.165, 1.54) is 0 Å².